The van der Waals surface area contributed by atoms with Gasteiger partial charge in [-0.15, -0.1) is 0 Å². The summed E-state index contributed by atoms with van der Waals surface area (Å²) in [6.45, 7) is 4.59. The first-order chi connectivity index (χ1) is 8.43. The predicted molar refractivity (Wildman–Crippen MR) is 72.5 cm³/mol. The topological polar surface area (TPSA) is 35.5 Å². The van der Waals surface area contributed by atoms with Gasteiger partial charge in [-0.2, -0.15) is 0 Å². The van der Waals surface area contributed by atoms with Crippen LogP contribution in [-0.4, -0.2) is 19.7 Å². The number of carbonyl (C=O) groups is 1. The van der Waals surface area contributed by atoms with Gasteiger partial charge >= 0.3 is 5.97 Å². The van der Waals surface area contributed by atoms with E-state index in [2.05, 4.69) is 4.74 Å². The Morgan fingerprint density at radius 2 is 2.00 bits per heavy atom. The minimum absolute atomic E-state index is 0.0875. The van der Waals surface area contributed by atoms with E-state index >= 15 is 0 Å². The number of hydrogen-bond donors (Lipinski definition) is 0. The highest BCUT2D eigenvalue weighted by Crippen LogP contribution is 2.33. The third kappa shape index (κ3) is 4.39. The Balaban J connectivity index is 3.00. The van der Waals surface area contributed by atoms with E-state index in [9.17, 15) is 4.79 Å². The van der Waals surface area contributed by atoms with Gasteiger partial charge in [0.2, 0.25) is 0 Å². The second-order valence-corrected chi connectivity index (χ2v) is 5.18. The molecule has 0 aliphatic rings. The number of ether oxygens (including phenoxy) is 2. The predicted octanol–water partition coefficient (Wildman–Crippen LogP) is 3.74. The van der Waals surface area contributed by atoms with Crippen LogP contribution in [-0.2, 0) is 16.0 Å². The molecule has 0 unspecified atom stereocenters. The minimum Gasteiger partial charge on any atom is -0.491 e. The maximum absolute atomic E-state index is 11.3. The summed E-state index contributed by atoms with van der Waals surface area (Å²) in [4.78, 5) is 11.3. The first-order valence-electron chi connectivity index (χ1n) is 5.61. The van der Waals surface area contributed by atoms with E-state index < -0.39 is 0 Å². The highest BCUT2D eigenvalue weighted by atomic mass is 35.5. The van der Waals surface area contributed by atoms with Crippen molar-refractivity contribution >= 4 is 29.2 Å². The largest absolute Gasteiger partial charge is 0.491 e. The zero-order valence-electron chi connectivity index (χ0n) is 10.6. The van der Waals surface area contributed by atoms with Crippen LogP contribution in [0.2, 0.25) is 10.0 Å². The van der Waals surface area contributed by atoms with Gasteiger partial charge in [0.15, 0.2) is 0 Å². The van der Waals surface area contributed by atoms with E-state index in [4.69, 9.17) is 27.9 Å². The van der Waals surface area contributed by atoms with Gasteiger partial charge < -0.3 is 9.47 Å². The Morgan fingerprint density at radius 3 is 2.56 bits per heavy atom. The number of methoxy groups -OCH3 is 1. The van der Waals surface area contributed by atoms with E-state index in [0.717, 1.165) is 0 Å². The fraction of sp³-hybridized carbons (Fsp3) is 0.462. The van der Waals surface area contributed by atoms with Gasteiger partial charge in [-0.1, -0.05) is 37.0 Å². The molecular formula is C13H16Cl2O3. The lowest BCUT2D eigenvalue weighted by atomic mass is 10.1. The smallest absolute Gasteiger partial charge is 0.310 e. The average molecular weight is 291 g/mol. The number of esters is 1. The number of halogens is 2. The average Bonchev–Trinajstić information content (AvgIpc) is 2.27. The van der Waals surface area contributed by atoms with Crippen molar-refractivity contribution in [1.82, 2.24) is 0 Å². The van der Waals surface area contributed by atoms with Gasteiger partial charge in [0.05, 0.1) is 25.2 Å². The molecule has 0 atom stereocenters. The number of hydrogen-bond acceptors (Lipinski definition) is 3. The van der Waals surface area contributed by atoms with E-state index in [1.807, 2.05) is 13.8 Å². The molecule has 0 aliphatic carbocycles. The molecule has 1 aromatic carbocycles. The molecule has 1 rings (SSSR count). The molecule has 0 N–H and O–H groups in total. The van der Waals surface area contributed by atoms with Crippen LogP contribution in [0.25, 0.3) is 0 Å². The molecule has 3 nitrogen and oxygen atoms in total. The molecule has 0 amide bonds. The molecule has 5 heteroatoms. The first kappa shape index (κ1) is 15.1. The quantitative estimate of drug-likeness (QED) is 0.775. The van der Waals surface area contributed by atoms with Crippen LogP contribution < -0.4 is 4.74 Å². The van der Waals surface area contributed by atoms with E-state index in [0.29, 0.717) is 33.9 Å². The Hall–Kier alpha value is -0.930. The van der Waals surface area contributed by atoms with Crippen LogP contribution in [0.4, 0.5) is 0 Å². The number of carbonyl (C=O) groups excluding carboxylic acids is 1. The van der Waals surface area contributed by atoms with Gasteiger partial charge in [-0.05, 0) is 18.1 Å². The zero-order valence-corrected chi connectivity index (χ0v) is 12.1. The summed E-state index contributed by atoms with van der Waals surface area (Å²) in [7, 11) is 1.34. The van der Waals surface area contributed by atoms with Crippen molar-refractivity contribution in [3.8, 4) is 5.75 Å². The van der Waals surface area contributed by atoms with Crippen LogP contribution in [0.5, 0.6) is 5.75 Å². The van der Waals surface area contributed by atoms with Crippen LogP contribution in [0, 0.1) is 5.92 Å². The van der Waals surface area contributed by atoms with Crippen molar-refractivity contribution in [3.05, 3.63) is 27.7 Å². The van der Waals surface area contributed by atoms with Crippen LogP contribution in [0.3, 0.4) is 0 Å². The Morgan fingerprint density at radius 1 is 1.33 bits per heavy atom. The van der Waals surface area contributed by atoms with Crippen LogP contribution in [0.1, 0.15) is 19.4 Å². The fourth-order valence-electron chi connectivity index (χ4n) is 1.38. The highest BCUT2D eigenvalue weighted by molar-refractivity contribution is 6.35. The normalized spacial score (nSPS) is 10.6. The highest BCUT2D eigenvalue weighted by Gasteiger charge is 2.14. The molecule has 0 spiro atoms. The van der Waals surface area contributed by atoms with Crippen molar-refractivity contribution in [2.45, 2.75) is 20.3 Å². The molecule has 0 aliphatic heterocycles. The lowest BCUT2D eigenvalue weighted by molar-refractivity contribution is -0.139. The van der Waals surface area contributed by atoms with Crippen LogP contribution >= 0.6 is 23.2 Å². The summed E-state index contributed by atoms with van der Waals surface area (Å²) >= 11 is 12.0. The van der Waals surface area contributed by atoms with Gasteiger partial charge in [0, 0.05) is 10.6 Å². The fourth-order valence-corrected chi connectivity index (χ4v) is 1.97. The molecular weight excluding hydrogens is 275 g/mol. The number of rotatable bonds is 5. The summed E-state index contributed by atoms with van der Waals surface area (Å²) in [6.07, 6.45) is 0.0875. The van der Waals surface area contributed by atoms with Crippen molar-refractivity contribution in [2.24, 2.45) is 5.92 Å². The molecule has 1 aromatic rings. The van der Waals surface area contributed by atoms with E-state index in [1.54, 1.807) is 12.1 Å². The SMILES string of the molecule is COC(=O)Cc1cc(Cl)cc(Cl)c1OCC(C)C. The molecule has 0 heterocycles. The second-order valence-electron chi connectivity index (χ2n) is 4.33. The van der Waals surface area contributed by atoms with Crippen molar-refractivity contribution < 1.29 is 14.3 Å². The Kier molecular flexibility index (Phi) is 5.76. The summed E-state index contributed by atoms with van der Waals surface area (Å²) in [6, 6.07) is 3.26. The van der Waals surface area contributed by atoms with Gasteiger partial charge in [0.1, 0.15) is 5.75 Å². The molecule has 18 heavy (non-hydrogen) atoms. The summed E-state index contributed by atoms with van der Waals surface area (Å²) in [5.41, 5.74) is 0.639. The molecule has 100 valence electrons. The van der Waals surface area contributed by atoms with Crippen molar-refractivity contribution in [3.63, 3.8) is 0 Å². The summed E-state index contributed by atoms with van der Waals surface area (Å²) in [5, 5.41) is 0.873. The molecule has 0 saturated carbocycles. The standard InChI is InChI=1S/C13H16Cl2O3/c1-8(2)7-18-13-9(5-12(16)17-3)4-10(14)6-11(13)15/h4,6,8H,5,7H2,1-3H3. The van der Waals surface area contributed by atoms with Gasteiger partial charge in [0.25, 0.3) is 0 Å². The van der Waals surface area contributed by atoms with Crippen molar-refractivity contribution in [2.75, 3.05) is 13.7 Å². The maximum atomic E-state index is 11.3. The Labute approximate surface area is 117 Å². The monoisotopic (exact) mass is 290 g/mol. The Bertz CT molecular complexity index is 430. The minimum atomic E-state index is -0.359. The summed E-state index contributed by atoms with van der Waals surface area (Å²) in [5.74, 6) is 0.505. The zero-order chi connectivity index (χ0) is 13.7. The first-order valence-corrected chi connectivity index (χ1v) is 6.37. The van der Waals surface area contributed by atoms with Gasteiger partial charge in [-0.25, -0.2) is 0 Å². The number of benzene rings is 1. The van der Waals surface area contributed by atoms with Crippen molar-refractivity contribution in [1.29, 1.82) is 0 Å². The third-order valence-electron chi connectivity index (χ3n) is 2.21. The molecule has 0 bridgehead atoms. The molecule has 0 fully saturated rings. The second kappa shape index (κ2) is 6.86. The lowest BCUT2D eigenvalue weighted by Gasteiger charge is -2.14. The van der Waals surface area contributed by atoms with E-state index in [-0.39, 0.29) is 12.4 Å². The van der Waals surface area contributed by atoms with E-state index in [1.165, 1.54) is 7.11 Å². The molecule has 0 radical (unpaired) electrons. The molecule has 0 aromatic heterocycles. The summed E-state index contributed by atoms with van der Waals surface area (Å²) < 4.78 is 10.3. The lowest BCUT2D eigenvalue weighted by Crippen LogP contribution is -2.10. The maximum Gasteiger partial charge on any atom is 0.310 e. The molecule has 0 saturated heterocycles. The van der Waals surface area contributed by atoms with Crippen LogP contribution in [0.15, 0.2) is 12.1 Å². The van der Waals surface area contributed by atoms with Gasteiger partial charge in [-0.3, -0.25) is 4.79 Å². The third-order valence-corrected chi connectivity index (χ3v) is 2.71.